The average molecular weight is 493 g/mol. The highest BCUT2D eigenvalue weighted by Crippen LogP contribution is 2.64. The third kappa shape index (κ3) is 2.55. The number of hydrogen-bond donors (Lipinski definition) is 1. The maximum Gasteiger partial charge on any atom is 0.329 e. The van der Waals surface area contributed by atoms with Crippen LogP contribution in [-0.4, -0.2) is 61.7 Å². The Bertz CT molecular complexity index is 1360. The molecule has 0 aromatic heterocycles. The third-order valence-corrected chi connectivity index (χ3v) is 7.87. The molecular formula is C27H28N2O7. The molecule has 0 bridgehead atoms. The number of ether oxygens (including phenoxy) is 3. The molecule has 3 aliphatic rings. The fraction of sp³-hybridized carbons (Fsp3) is 0.370. The number of carbonyl (C=O) groups excluding carboxylic acids is 3. The van der Waals surface area contributed by atoms with E-state index in [0.717, 1.165) is 7.11 Å². The van der Waals surface area contributed by atoms with Crippen molar-refractivity contribution in [3.63, 3.8) is 0 Å². The van der Waals surface area contributed by atoms with Gasteiger partial charge < -0.3 is 29.1 Å². The number of benzene rings is 2. The van der Waals surface area contributed by atoms with Crippen LogP contribution in [0.25, 0.3) is 6.08 Å². The minimum atomic E-state index is -2.46. The Kier molecular flexibility index (Phi) is 5.02. The van der Waals surface area contributed by atoms with Gasteiger partial charge in [0, 0.05) is 24.2 Å². The first-order valence-corrected chi connectivity index (χ1v) is 11.5. The molecule has 9 nitrogen and oxygen atoms in total. The average Bonchev–Trinajstić information content (AvgIpc) is 3.18. The van der Waals surface area contributed by atoms with Crippen LogP contribution in [0.5, 0.6) is 11.5 Å². The highest BCUT2D eigenvalue weighted by atomic mass is 16.5. The summed E-state index contributed by atoms with van der Waals surface area (Å²) in [5, 5.41) is 12.3. The molecule has 2 aromatic rings. The van der Waals surface area contributed by atoms with Crippen molar-refractivity contribution in [3.05, 3.63) is 58.7 Å². The summed E-state index contributed by atoms with van der Waals surface area (Å²) >= 11 is 0. The Morgan fingerprint density at radius 1 is 1.03 bits per heavy atom. The number of esters is 1. The molecule has 1 N–H and O–H groups in total. The lowest BCUT2D eigenvalue weighted by Gasteiger charge is -2.42. The summed E-state index contributed by atoms with van der Waals surface area (Å²) in [5.74, 6) is -1.37. The van der Waals surface area contributed by atoms with Crippen LogP contribution in [0.3, 0.4) is 0 Å². The Morgan fingerprint density at radius 3 is 2.39 bits per heavy atom. The zero-order chi connectivity index (χ0) is 26.2. The number of hydrogen-bond acceptors (Lipinski definition) is 7. The largest absolute Gasteiger partial charge is 0.497 e. The molecular weight excluding hydrogens is 464 g/mol. The van der Waals surface area contributed by atoms with Gasteiger partial charge in [0.2, 0.25) is 16.9 Å². The normalized spacial score (nSPS) is 25.4. The summed E-state index contributed by atoms with van der Waals surface area (Å²) in [6.45, 7) is 3.63. The highest BCUT2D eigenvalue weighted by Gasteiger charge is 2.79. The number of aliphatic hydroxyl groups is 1. The number of likely N-dealkylation sites (tertiary alicyclic amines) is 1. The number of carbonyl (C=O) groups is 3. The van der Waals surface area contributed by atoms with Crippen molar-refractivity contribution in [2.24, 2.45) is 5.41 Å². The van der Waals surface area contributed by atoms with Crippen LogP contribution in [0.1, 0.15) is 30.5 Å². The smallest absolute Gasteiger partial charge is 0.329 e. The molecule has 1 aliphatic carbocycles. The zero-order valence-electron chi connectivity index (χ0n) is 21.0. The van der Waals surface area contributed by atoms with Gasteiger partial charge in [0.1, 0.15) is 11.5 Å². The van der Waals surface area contributed by atoms with Gasteiger partial charge in [-0.05, 0) is 43.2 Å². The lowest BCUT2D eigenvalue weighted by molar-refractivity contribution is -0.180. The number of amides is 2. The maximum absolute atomic E-state index is 14.5. The first kappa shape index (κ1) is 23.9. The second-order valence-corrected chi connectivity index (χ2v) is 9.74. The fourth-order valence-electron chi connectivity index (χ4n) is 6.04. The maximum atomic E-state index is 14.5. The summed E-state index contributed by atoms with van der Waals surface area (Å²) in [4.78, 5) is 44.6. The summed E-state index contributed by atoms with van der Waals surface area (Å²) in [7, 11) is 5.73. The Morgan fingerprint density at radius 2 is 1.75 bits per heavy atom. The molecule has 2 atom stereocenters. The molecule has 1 saturated heterocycles. The van der Waals surface area contributed by atoms with Crippen molar-refractivity contribution >= 4 is 29.5 Å². The van der Waals surface area contributed by atoms with E-state index in [1.54, 1.807) is 63.4 Å². The first-order chi connectivity index (χ1) is 17.0. The Hall–Kier alpha value is -3.85. The number of nitrogens with zero attached hydrogens (tertiary/aromatic N) is 2. The van der Waals surface area contributed by atoms with Gasteiger partial charge in [-0.3, -0.25) is 14.4 Å². The van der Waals surface area contributed by atoms with E-state index >= 15 is 0 Å². The molecule has 188 valence electrons. The molecule has 36 heavy (non-hydrogen) atoms. The van der Waals surface area contributed by atoms with Crippen molar-refractivity contribution in [1.29, 1.82) is 0 Å². The molecule has 2 amide bonds. The van der Waals surface area contributed by atoms with Gasteiger partial charge in [0.05, 0.1) is 39.1 Å². The van der Waals surface area contributed by atoms with Crippen molar-refractivity contribution in [2.75, 3.05) is 33.3 Å². The molecule has 0 unspecified atom stereocenters. The van der Waals surface area contributed by atoms with Gasteiger partial charge in [-0.2, -0.15) is 0 Å². The zero-order valence-corrected chi connectivity index (χ0v) is 21.0. The monoisotopic (exact) mass is 492 g/mol. The van der Waals surface area contributed by atoms with Crippen molar-refractivity contribution in [2.45, 2.75) is 31.5 Å². The van der Waals surface area contributed by atoms with Crippen LogP contribution >= 0.6 is 0 Å². The second-order valence-electron chi connectivity index (χ2n) is 9.74. The number of rotatable bonds is 5. The van der Waals surface area contributed by atoms with Gasteiger partial charge in [-0.1, -0.05) is 18.2 Å². The summed E-state index contributed by atoms with van der Waals surface area (Å²) in [6, 6.07) is 10.5. The van der Waals surface area contributed by atoms with E-state index in [-0.39, 0.29) is 12.1 Å². The van der Waals surface area contributed by atoms with Crippen LogP contribution in [0.4, 0.5) is 5.69 Å². The van der Waals surface area contributed by atoms with Crippen LogP contribution in [0, 0.1) is 5.41 Å². The minimum Gasteiger partial charge on any atom is -0.497 e. The summed E-state index contributed by atoms with van der Waals surface area (Å²) in [6.07, 6.45) is 1.74. The fourth-order valence-corrected chi connectivity index (χ4v) is 6.04. The number of fused-ring (bicyclic) bond motifs is 2. The third-order valence-electron chi connectivity index (χ3n) is 7.87. The quantitative estimate of drug-likeness (QED) is 0.504. The van der Waals surface area contributed by atoms with Crippen LogP contribution in [0.2, 0.25) is 0 Å². The van der Waals surface area contributed by atoms with E-state index in [0.29, 0.717) is 33.9 Å². The number of anilines is 1. The predicted octanol–water partition coefficient (Wildman–Crippen LogP) is 2.25. The summed E-state index contributed by atoms with van der Waals surface area (Å²) < 4.78 is 16.0. The molecule has 2 aromatic carbocycles. The number of methoxy groups -OCH3 is 3. The number of likely N-dealkylation sites (N-methyl/N-ethyl adjacent to an activating group) is 1. The lowest BCUT2D eigenvalue weighted by Crippen LogP contribution is -2.61. The van der Waals surface area contributed by atoms with Crippen molar-refractivity contribution in [1.82, 2.24) is 4.90 Å². The first-order valence-electron chi connectivity index (χ1n) is 11.5. The van der Waals surface area contributed by atoms with E-state index in [9.17, 15) is 19.5 Å². The van der Waals surface area contributed by atoms with E-state index in [2.05, 4.69) is 0 Å². The van der Waals surface area contributed by atoms with Crippen LogP contribution in [-0.2, 0) is 31.3 Å². The van der Waals surface area contributed by atoms with Gasteiger partial charge in [-0.25, -0.2) is 0 Å². The van der Waals surface area contributed by atoms with E-state index in [1.165, 1.54) is 24.0 Å². The van der Waals surface area contributed by atoms with Gasteiger partial charge in [0.15, 0.2) is 0 Å². The van der Waals surface area contributed by atoms with Crippen LogP contribution < -0.4 is 14.4 Å². The van der Waals surface area contributed by atoms with E-state index in [4.69, 9.17) is 14.2 Å². The molecule has 2 aliphatic heterocycles. The molecule has 9 heteroatoms. The molecule has 1 fully saturated rings. The van der Waals surface area contributed by atoms with E-state index < -0.39 is 34.3 Å². The van der Waals surface area contributed by atoms with Crippen molar-refractivity contribution in [3.8, 4) is 11.5 Å². The topological polar surface area (TPSA) is 106 Å². The van der Waals surface area contributed by atoms with E-state index in [1.807, 2.05) is 0 Å². The molecule has 0 radical (unpaired) electrons. The molecule has 0 saturated carbocycles. The van der Waals surface area contributed by atoms with Gasteiger partial charge >= 0.3 is 5.97 Å². The second kappa shape index (κ2) is 7.57. The van der Waals surface area contributed by atoms with Gasteiger partial charge in [0.25, 0.3) is 5.91 Å². The van der Waals surface area contributed by atoms with Crippen LogP contribution in [0.15, 0.2) is 42.0 Å². The highest BCUT2D eigenvalue weighted by molar-refractivity contribution is 6.22. The summed E-state index contributed by atoms with van der Waals surface area (Å²) in [5.41, 5.74) is -3.59. The molecule has 5 rings (SSSR count). The molecule has 0 spiro atoms. The standard InChI is InChI=1S/C27H28N2O7/c1-25(2)20-12-15-8-7-9-18-21(15)27(33,23(31)28(18)3)26(20,24(32)36-6)22(30)29(25)14-16-10-11-17(34-4)13-19(16)35-5/h7-13,33H,14H2,1-6H3/t26-,27+/m0/s1. The van der Waals surface area contributed by atoms with Crippen molar-refractivity contribution < 1.29 is 33.7 Å². The minimum absolute atomic E-state index is 0.0540. The predicted molar refractivity (Wildman–Crippen MR) is 130 cm³/mol. The Labute approximate surface area is 208 Å². The SMILES string of the molecule is COC(=O)[C@@]12C(=O)N(Cc3ccc(OC)cc3OC)C(C)(C)C1=Cc1cccc3c1[C@@]2(O)C(=O)N3C. The lowest BCUT2D eigenvalue weighted by atomic mass is 9.59. The Balaban J connectivity index is 1.76. The molecule has 2 heterocycles. The van der Waals surface area contributed by atoms with Gasteiger partial charge in [-0.15, -0.1) is 0 Å².